The zero-order valence-corrected chi connectivity index (χ0v) is 21.1. The fourth-order valence-electron chi connectivity index (χ4n) is 4.26. The fraction of sp³-hybridized carbons (Fsp3) is 0.500. The van der Waals surface area contributed by atoms with Crippen molar-refractivity contribution in [1.82, 2.24) is 10.2 Å². The van der Waals surface area contributed by atoms with Crippen molar-refractivity contribution in [3.8, 4) is 0 Å². The summed E-state index contributed by atoms with van der Waals surface area (Å²) in [5.74, 6) is 0.193. The highest BCUT2D eigenvalue weighted by Crippen LogP contribution is 2.22. The molecule has 2 amide bonds. The molecule has 0 spiro atoms. The van der Waals surface area contributed by atoms with Crippen LogP contribution in [0.15, 0.2) is 54.6 Å². The second-order valence-corrected chi connectivity index (χ2v) is 10.2. The molecular formula is C28H38FN3O3. The summed E-state index contributed by atoms with van der Waals surface area (Å²) in [6.45, 7) is 6.94. The summed E-state index contributed by atoms with van der Waals surface area (Å²) in [5.41, 5.74) is 2.46. The second-order valence-electron chi connectivity index (χ2n) is 10.2. The third kappa shape index (κ3) is 8.89. The lowest BCUT2D eigenvalue weighted by atomic mass is 9.93. The van der Waals surface area contributed by atoms with E-state index in [1.165, 1.54) is 5.56 Å². The molecule has 6 nitrogen and oxygen atoms in total. The molecule has 1 saturated heterocycles. The lowest BCUT2D eigenvalue weighted by Crippen LogP contribution is -2.52. The minimum Gasteiger partial charge on any atom is -0.444 e. The highest BCUT2D eigenvalue weighted by molar-refractivity contribution is 5.86. The van der Waals surface area contributed by atoms with Gasteiger partial charge in [-0.05, 0) is 69.2 Å². The summed E-state index contributed by atoms with van der Waals surface area (Å²) < 4.78 is 18.1. The van der Waals surface area contributed by atoms with Gasteiger partial charge in [0.25, 0.3) is 0 Å². The third-order valence-electron chi connectivity index (χ3n) is 6.17. The number of anilines is 1. The molecule has 1 aliphatic heterocycles. The van der Waals surface area contributed by atoms with Crippen LogP contribution >= 0.6 is 0 Å². The number of alkyl carbamates (subject to hydrolysis) is 1. The average Bonchev–Trinajstić information content (AvgIpc) is 2.83. The van der Waals surface area contributed by atoms with Gasteiger partial charge in [-0.15, -0.1) is 0 Å². The summed E-state index contributed by atoms with van der Waals surface area (Å²) >= 11 is 0. The zero-order valence-electron chi connectivity index (χ0n) is 21.1. The Labute approximate surface area is 208 Å². The predicted octanol–water partition coefficient (Wildman–Crippen LogP) is 5.33. The molecule has 2 N–H and O–H groups in total. The van der Waals surface area contributed by atoms with E-state index in [0.29, 0.717) is 31.8 Å². The van der Waals surface area contributed by atoms with Gasteiger partial charge in [-0.2, -0.15) is 0 Å². The van der Waals surface area contributed by atoms with Gasteiger partial charge in [-0.3, -0.25) is 9.18 Å². The van der Waals surface area contributed by atoms with Crippen molar-refractivity contribution in [2.24, 2.45) is 5.92 Å². The van der Waals surface area contributed by atoms with Crippen molar-refractivity contribution in [3.05, 3.63) is 65.7 Å². The van der Waals surface area contributed by atoms with Crippen LogP contribution in [-0.4, -0.2) is 48.3 Å². The van der Waals surface area contributed by atoms with Gasteiger partial charge in [-0.1, -0.05) is 42.5 Å². The fourth-order valence-corrected chi connectivity index (χ4v) is 4.26. The van der Waals surface area contributed by atoms with Gasteiger partial charge in [0, 0.05) is 31.7 Å². The maximum atomic E-state index is 13.4. The van der Waals surface area contributed by atoms with Gasteiger partial charge in [0.1, 0.15) is 11.6 Å². The summed E-state index contributed by atoms with van der Waals surface area (Å²) in [7, 11) is 0. The molecule has 3 rings (SSSR count). The van der Waals surface area contributed by atoms with E-state index < -0.39 is 17.7 Å². The van der Waals surface area contributed by atoms with Crippen molar-refractivity contribution >= 4 is 17.7 Å². The Bertz CT molecular complexity index is 936. The van der Waals surface area contributed by atoms with E-state index in [1.807, 2.05) is 42.5 Å². The first-order valence-electron chi connectivity index (χ1n) is 12.4. The van der Waals surface area contributed by atoms with Crippen LogP contribution in [-0.2, 0) is 22.5 Å². The number of amides is 2. The Kier molecular flexibility index (Phi) is 9.52. The number of halogens is 1. The number of hydrogen-bond acceptors (Lipinski definition) is 4. The molecular weight excluding hydrogens is 445 g/mol. The highest BCUT2D eigenvalue weighted by atomic mass is 19.1. The molecule has 0 radical (unpaired) electrons. The molecule has 7 heteroatoms. The maximum Gasteiger partial charge on any atom is 0.408 e. The first-order chi connectivity index (χ1) is 16.7. The van der Waals surface area contributed by atoms with Gasteiger partial charge in [0.05, 0.1) is 6.67 Å². The summed E-state index contributed by atoms with van der Waals surface area (Å²) in [4.78, 5) is 27.7. The lowest BCUT2D eigenvalue weighted by molar-refractivity contribution is -0.134. The number of likely N-dealkylation sites (tertiary alicyclic amines) is 1. The van der Waals surface area contributed by atoms with Crippen LogP contribution in [0.2, 0.25) is 0 Å². The van der Waals surface area contributed by atoms with E-state index >= 15 is 0 Å². The average molecular weight is 484 g/mol. The Morgan fingerprint density at radius 3 is 2.29 bits per heavy atom. The van der Waals surface area contributed by atoms with Gasteiger partial charge in [0.15, 0.2) is 0 Å². The number of hydrogen-bond donors (Lipinski definition) is 2. The molecule has 0 aliphatic carbocycles. The van der Waals surface area contributed by atoms with Crippen LogP contribution in [0.5, 0.6) is 0 Å². The summed E-state index contributed by atoms with van der Waals surface area (Å²) in [5, 5.41) is 6.19. The SMILES string of the molecule is CC(C)(C)OC(=O)N[C@@H](Cc1ccc(NCc2ccccc2)cc1)C(=O)N1CCC(CCF)CC1. The molecule has 35 heavy (non-hydrogen) atoms. The van der Waals surface area contributed by atoms with E-state index in [0.717, 1.165) is 30.6 Å². The first kappa shape index (κ1) is 26.5. The number of ether oxygens (including phenoxy) is 1. The molecule has 2 aromatic carbocycles. The molecule has 1 aliphatic rings. The number of nitrogens with zero attached hydrogens (tertiary/aromatic N) is 1. The molecule has 2 aromatic rings. The third-order valence-corrected chi connectivity index (χ3v) is 6.17. The maximum absolute atomic E-state index is 13.4. The highest BCUT2D eigenvalue weighted by Gasteiger charge is 2.30. The lowest BCUT2D eigenvalue weighted by Gasteiger charge is -2.34. The number of rotatable bonds is 9. The zero-order chi connectivity index (χ0) is 25.3. The Hall–Kier alpha value is -3.09. The van der Waals surface area contributed by atoms with E-state index in [-0.39, 0.29) is 12.6 Å². The van der Waals surface area contributed by atoms with E-state index in [1.54, 1.807) is 25.7 Å². The Balaban J connectivity index is 1.64. The van der Waals surface area contributed by atoms with Crippen molar-refractivity contribution in [2.75, 3.05) is 25.1 Å². The van der Waals surface area contributed by atoms with Crippen molar-refractivity contribution < 1.29 is 18.7 Å². The van der Waals surface area contributed by atoms with Gasteiger partial charge in [0.2, 0.25) is 5.91 Å². The minimum atomic E-state index is -0.731. The smallest absolute Gasteiger partial charge is 0.408 e. The molecule has 0 unspecified atom stereocenters. The van der Waals surface area contributed by atoms with Crippen LogP contribution in [0.1, 0.15) is 51.2 Å². The van der Waals surface area contributed by atoms with E-state index in [2.05, 4.69) is 22.8 Å². The second kappa shape index (κ2) is 12.6. The summed E-state index contributed by atoms with van der Waals surface area (Å²) in [6, 6.07) is 17.3. The molecule has 1 fully saturated rings. The van der Waals surface area contributed by atoms with Gasteiger partial charge >= 0.3 is 6.09 Å². The minimum absolute atomic E-state index is 0.124. The Morgan fingerprint density at radius 2 is 1.69 bits per heavy atom. The van der Waals surface area contributed by atoms with Gasteiger partial charge in [-0.25, -0.2) is 4.79 Å². The van der Waals surface area contributed by atoms with Crippen LogP contribution in [0.4, 0.5) is 14.9 Å². The number of alkyl halides is 1. The van der Waals surface area contributed by atoms with Crippen LogP contribution in [0.25, 0.3) is 0 Å². The molecule has 0 saturated carbocycles. The summed E-state index contributed by atoms with van der Waals surface area (Å²) in [6.07, 6.45) is 1.88. The standard InChI is InChI=1S/C28H38FN3O3/c1-28(2,3)35-27(34)31-25(26(33)32-17-14-21(13-16-29)15-18-32)19-22-9-11-24(12-10-22)30-20-23-7-5-4-6-8-23/h4-12,21,25,30H,13-20H2,1-3H3,(H,31,34)/t25-/m0/s1. The quantitative estimate of drug-likeness (QED) is 0.506. The van der Waals surface area contributed by atoms with Gasteiger partial charge < -0.3 is 20.3 Å². The number of carbonyl (C=O) groups is 2. The topological polar surface area (TPSA) is 70.7 Å². The van der Waals surface area contributed by atoms with Crippen LogP contribution in [0.3, 0.4) is 0 Å². The monoisotopic (exact) mass is 483 g/mol. The first-order valence-corrected chi connectivity index (χ1v) is 12.4. The van der Waals surface area contributed by atoms with Crippen molar-refractivity contribution in [3.63, 3.8) is 0 Å². The molecule has 0 aromatic heterocycles. The molecule has 1 heterocycles. The molecule has 0 bridgehead atoms. The number of nitrogens with one attached hydrogen (secondary N) is 2. The van der Waals surface area contributed by atoms with E-state index in [9.17, 15) is 14.0 Å². The van der Waals surface area contributed by atoms with E-state index in [4.69, 9.17) is 4.74 Å². The molecule has 190 valence electrons. The molecule has 1 atom stereocenters. The number of benzene rings is 2. The van der Waals surface area contributed by atoms with Crippen molar-refractivity contribution in [2.45, 2.75) is 64.6 Å². The van der Waals surface area contributed by atoms with Crippen LogP contribution in [0, 0.1) is 5.92 Å². The van der Waals surface area contributed by atoms with Crippen LogP contribution < -0.4 is 10.6 Å². The van der Waals surface area contributed by atoms with Crippen molar-refractivity contribution in [1.29, 1.82) is 0 Å². The number of carbonyl (C=O) groups excluding carboxylic acids is 2. The normalized spacial score (nSPS) is 15.4. The number of piperidine rings is 1. The Morgan fingerprint density at radius 1 is 1.03 bits per heavy atom. The predicted molar refractivity (Wildman–Crippen MR) is 137 cm³/mol. The largest absolute Gasteiger partial charge is 0.444 e.